The second kappa shape index (κ2) is 5.24. The number of carbonyl (C=O) groups excluding carboxylic acids is 1. The highest BCUT2D eigenvalue weighted by Crippen LogP contribution is 2.45. The normalized spacial score (nSPS) is 50.8. The van der Waals surface area contributed by atoms with E-state index in [-0.39, 0.29) is 11.9 Å². The van der Waals surface area contributed by atoms with Gasteiger partial charge in [-0.15, -0.1) is 0 Å². The van der Waals surface area contributed by atoms with Gasteiger partial charge in [-0.05, 0) is 43.4 Å². The first-order valence-corrected chi connectivity index (χ1v) is 8.63. The van der Waals surface area contributed by atoms with Crippen LogP contribution in [0.1, 0.15) is 46.0 Å². The molecule has 0 aromatic heterocycles. The molecule has 4 aliphatic rings. The summed E-state index contributed by atoms with van der Waals surface area (Å²) in [5.74, 6) is 1.60. The molecule has 2 aliphatic heterocycles. The van der Waals surface area contributed by atoms with Crippen LogP contribution in [0, 0.1) is 23.7 Å². The Labute approximate surface area is 126 Å². The molecule has 0 aromatic rings. The molecule has 0 amide bonds. The fourth-order valence-corrected chi connectivity index (χ4v) is 4.45. The van der Waals surface area contributed by atoms with E-state index in [4.69, 9.17) is 14.2 Å². The second-order valence-electron chi connectivity index (χ2n) is 7.51. The zero-order valence-corrected chi connectivity index (χ0v) is 13.0. The van der Waals surface area contributed by atoms with E-state index in [1.54, 1.807) is 0 Å². The number of carbonyl (C=O) groups is 1. The summed E-state index contributed by atoms with van der Waals surface area (Å²) < 4.78 is 16.9. The van der Waals surface area contributed by atoms with Gasteiger partial charge in [-0.2, -0.15) is 0 Å². The Bertz CT molecular complexity index is 423. The first kappa shape index (κ1) is 14.0. The zero-order chi connectivity index (χ0) is 14.6. The quantitative estimate of drug-likeness (QED) is 0.590. The number of rotatable bonds is 4. The van der Waals surface area contributed by atoms with Gasteiger partial charge >= 0.3 is 5.97 Å². The molecular weight excluding hydrogens is 268 g/mol. The van der Waals surface area contributed by atoms with Crippen LogP contribution in [0.15, 0.2) is 0 Å². The Morgan fingerprint density at radius 2 is 1.62 bits per heavy atom. The van der Waals surface area contributed by atoms with Gasteiger partial charge in [-0.1, -0.05) is 20.3 Å². The summed E-state index contributed by atoms with van der Waals surface area (Å²) in [4.78, 5) is 12.5. The molecule has 2 aliphatic carbocycles. The van der Waals surface area contributed by atoms with Crippen molar-refractivity contribution in [3.05, 3.63) is 0 Å². The highest BCUT2D eigenvalue weighted by atomic mass is 16.6. The lowest BCUT2D eigenvalue weighted by Gasteiger charge is -2.29. The molecule has 0 bridgehead atoms. The van der Waals surface area contributed by atoms with Gasteiger partial charge in [0.15, 0.2) is 0 Å². The number of fused-ring (bicyclic) bond motifs is 2. The minimum Gasteiger partial charge on any atom is -0.465 e. The summed E-state index contributed by atoms with van der Waals surface area (Å²) in [5, 5.41) is 0. The van der Waals surface area contributed by atoms with Gasteiger partial charge < -0.3 is 14.2 Å². The van der Waals surface area contributed by atoms with Crippen molar-refractivity contribution in [2.24, 2.45) is 23.7 Å². The van der Waals surface area contributed by atoms with Gasteiger partial charge in [0.1, 0.15) is 0 Å². The summed E-state index contributed by atoms with van der Waals surface area (Å²) >= 11 is 0. The lowest BCUT2D eigenvalue weighted by Crippen LogP contribution is -2.34. The second-order valence-corrected chi connectivity index (χ2v) is 7.51. The van der Waals surface area contributed by atoms with Crippen LogP contribution < -0.4 is 0 Å². The van der Waals surface area contributed by atoms with E-state index < -0.39 is 0 Å². The molecule has 2 heterocycles. The Morgan fingerprint density at radius 3 is 2.33 bits per heavy atom. The third-order valence-electron chi connectivity index (χ3n) is 6.18. The molecule has 8 atom stereocenters. The highest BCUT2D eigenvalue weighted by molar-refractivity contribution is 5.73. The number of hydrogen-bond donors (Lipinski definition) is 0. The Morgan fingerprint density at radius 1 is 1.00 bits per heavy atom. The van der Waals surface area contributed by atoms with Crippen molar-refractivity contribution in [1.29, 1.82) is 0 Å². The summed E-state index contributed by atoms with van der Waals surface area (Å²) in [5.41, 5.74) is 0. The highest BCUT2D eigenvalue weighted by Gasteiger charge is 2.51. The molecule has 4 heteroatoms. The monoisotopic (exact) mass is 294 g/mol. The zero-order valence-electron chi connectivity index (χ0n) is 13.0. The molecule has 0 N–H and O–H groups in total. The molecule has 4 nitrogen and oxygen atoms in total. The summed E-state index contributed by atoms with van der Waals surface area (Å²) in [6.07, 6.45) is 6.86. The fourth-order valence-electron chi connectivity index (χ4n) is 4.45. The van der Waals surface area contributed by atoms with Crippen LogP contribution in [0.3, 0.4) is 0 Å². The van der Waals surface area contributed by atoms with Crippen molar-refractivity contribution in [3.8, 4) is 0 Å². The number of epoxide rings is 2. The van der Waals surface area contributed by atoms with Gasteiger partial charge in [0.05, 0.1) is 36.9 Å². The van der Waals surface area contributed by atoms with Gasteiger partial charge in [0.2, 0.25) is 0 Å². The van der Waals surface area contributed by atoms with Gasteiger partial charge in [-0.3, -0.25) is 4.79 Å². The van der Waals surface area contributed by atoms with E-state index in [9.17, 15) is 4.79 Å². The van der Waals surface area contributed by atoms with Crippen LogP contribution >= 0.6 is 0 Å². The van der Waals surface area contributed by atoms with E-state index in [2.05, 4.69) is 13.8 Å². The fraction of sp³-hybridized carbons (Fsp3) is 0.941. The van der Waals surface area contributed by atoms with Crippen molar-refractivity contribution in [3.63, 3.8) is 0 Å². The molecule has 118 valence electrons. The average Bonchev–Trinajstić information content (AvgIpc) is 3.37. The number of esters is 1. The maximum atomic E-state index is 12.5. The Hall–Kier alpha value is -0.610. The maximum absolute atomic E-state index is 12.5. The van der Waals surface area contributed by atoms with Gasteiger partial charge in [0, 0.05) is 0 Å². The first-order chi connectivity index (χ1) is 10.2. The Kier molecular flexibility index (Phi) is 3.49. The number of ether oxygens (including phenoxy) is 3. The predicted molar refractivity (Wildman–Crippen MR) is 76.7 cm³/mol. The van der Waals surface area contributed by atoms with Crippen LogP contribution in [0.25, 0.3) is 0 Å². The summed E-state index contributed by atoms with van der Waals surface area (Å²) in [6, 6.07) is 0. The van der Waals surface area contributed by atoms with Gasteiger partial charge in [-0.25, -0.2) is 0 Å². The predicted octanol–water partition coefficient (Wildman–Crippen LogP) is 2.55. The van der Waals surface area contributed by atoms with Crippen molar-refractivity contribution < 1.29 is 19.0 Å². The maximum Gasteiger partial charge on any atom is 0.309 e. The minimum atomic E-state index is 0.0156. The molecule has 21 heavy (non-hydrogen) atoms. The van der Waals surface area contributed by atoms with Gasteiger partial charge in [0.25, 0.3) is 0 Å². The van der Waals surface area contributed by atoms with Crippen LogP contribution in [0.4, 0.5) is 0 Å². The molecule has 2 saturated heterocycles. The minimum absolute atomic E-state index is 0.0156. The van der Waals surface area contributed by atoms with E-state index in [1.165, 1.54) is 0 Å². The van der Waals surface area contributed by atoms with E-state index in [0.717, 1.165) is 32.1 Å². The molecule has 0 radical (unpaired) electrons. The SMILES string of the molecule is CCC1CC2OC2CC1C(=O)OCC1CC2OC2CC1C. The lowest BCUT2D eigenvalue weighted by atomic mass is 9.78. The average molecular weight is 294 g/mol. The summed E-state index contributed by atoms with van der Waals surface area (Å²) in [6.45, 7) is 5.00. The topological polar surface area (TPSA) is 51.4 Å². The van der Waals surface area contributed by atoms with Crippen LogP contribution in [0.5, 0.6) is 0 Å². The van der Waals surface area contributed by atoms with E-state index in [0.29, 0.717) is 48.8 Å². The molecule has 8 unspecified atom stereocenters. The van der Waals surface area contributed by atoms with Crippen LogP contribution in [-0.2, 0) is 19.0 Å². The lowest BCUT2D eigenvalue weighted by molar-refractivity contribution is -0.153. The molecule has 0 spiro atoms. The number of hydrogen-bond acceptors (Lipinski definition) is 4. The molecular formula is C17H26O4. The molecule has 0 aromatic carbocycles. The molecule has 4 rings (SSSR count). The van der Waals surface area contributed by atoms with Crippen molar-refractivity contribution in [1.82, 2.24) is 0 Å². The van der Waals surface area contributed by atoms with E-state index >= 15 is 0 Å². The van der Waals surface area contributed by atoms with Crippen molar-refractivity contribution in [2.75, 3.05) is 6.61 Å². The van der Waals surface area contributed by atoms with Crippen molar-refractivity contribution in [2.45, 2.75) is 70.4 Å². The van der Waals surface area contributed by atoms with Crippen LogP contribution in [0.2, 0.25) is 0 Å². The molecule has 4 fully saturated rings. The third kappa shape index (κ3) is 2.72. The first-order valence-electron chi connectivity index (χ1n) is 8.63. The Balaban J connectivity index is 1.30. The largest absolute Gasteiger partial charge is 0.465 e. The van der Waals surface area contributed by atoms with Crippen molar-refractivity contribution >= 4 is 5.97 Å². The van der Waals surface area contributed by atoms with Crippen LogP contribution in [-0.4, -0.2) is 37.0 Å². The van der Waals surface area contributed by atoms with E-state index in [1.807, 2.05) is 0 Å². The third-order valence-corrected chi connectivity index (χ3v) is 6.18. The standard InChI is InChI=1S/C17H26O4/c1-3-10-5-14-16(21-14)7-12(10)17(18)19-8-11-6-15-13(20-15)4-9(11)2/h9-16H,3-8H2,1-2H3. The molecule has 2 saturated carbocycles. The summed E-state index contributed by atoms with van der Waals surface area (Å²) in [7, 11) is 0. The smallest absolute Gasteiger partial charge is 0.309 e.